The highest BCUT2D eigenvalue weighted by molar-refractivity contribution is 5.85. The smallest absolute Gasteiger partial charge is 0.412 e. The number of rotatable bonds is 22. The van der Waals surface area contributed by atoms with Gasteiger partial charge in [-0.15, -0.1) is 13.2 Å². The molecule has 3 amide bonds. The van der Waals surface area contributed by atoms with Crippen LogP contribution < -0.4 is 16.0 Å². The van der Waals surface area contributed by atoms with Crippen molar-refractivity contribution in [2.45, 2.75) is 95.9 Å². The van der Waals surface area contributed by atoms with Gasteiger partial charge in [-0.1, -0.05) is 57.0 Å². The molecule has 1 aromatic carbocycles. The Morgan fingerprint density at radius 2 is 1.34 bits per heavy atom. The SMILES string of the molecule is C=CC[C@@H](CC(=O)NCCCC)C(=O)O[C@@H]1[C@H](OC(=O)[C@@H](CC=C)CC(=O)NCCCC)[C@@H](OC)O[C@H](CO)[C@H]1OC(=O)Nc1ccccc1. The summed E-state index contributed by atoms with van der Waals surface area (Å²) in [6, 6.07) is 8.39. The summed E-state index contributed by atoms with van der Waals surface area (Å²) in [6.45, 7) is 11.5. The number of esters is 2. The normalized spacial score (nSPS) is 21.1. The molecule has 2 rings (SSSR count). The van der Waals surface area contributed by atoms with Gasteiger partial charge in [0.15, 0.2) is 24.6 Å². The molecule has 278 valence electrons. The van der Waals surface area contributed by atoms with Crippen LogP contribution in [0.1, 0.15) is 65.2 Å². The molecule has 0 radical (unpaired) electrons. The molecule has 14 nitrogen and oxygen atoms in total. The molecule has 14 heteroatoms. The summed E-state index contributed by atoms with van der Waals surface area (Å²) in [6.07, 6.45) is -2.38. The lowest BCUT2D eigenvalue weighted by molar-refractivity contribution is -0.300. The van der Waals surface area contributed by atoms with E-state index >= 15 is 0 Å². The second kappa shape index (κ2) is 23.2. The third-order valence-corrected chi connectivity index (χ3v) is 7.91. The van der Waals surface area contributed by atoms with E-state index in [0.717, 1.165) is 25.7 Å². The molecule has 0 spiro atoms. The second-order valence-electron chi connectivity index (χ2n) is 11.9. The number of unbranched alkanes of at least 4 members (excludes halogenated alkanes) is 2. The van der Waals surface area contributed by atoms with Crippen LogP contribution in [-0.2, 0) is 42.9 Å². The number of methoxy groups -OCH3 is 1. The molecule has 1 aromatic rings. The fourth-order valence-corrected chi connectivity index (χ4v) is 5.20. The first-order valence-corrected chi connectivity index (χ1v) is 17.1. The number of carbonyl (C=O) groups excluding carboxylic acids is 5. The predicted molar refractivity (Wildman–Crippen MR) is 185 cm³/mol. The number of hydrogen-bond acceptors (Lipinski definition) is 11. The molecule has 1 saturated heterocycles. The van der Waals surface area contributed by atoms with Crippen LogP contribution in [0, 0.1) is 11.8 Å². The summed E-state index contributed by atoms with van der Waals surface area (Å²) in [5, 5.41) is 18.4. The van der Waals surface area contributed by atoms with E-state index in [1.54, 1.807) is 30.3 Å². The average Bonchev–Trinajstić information content (AvgIpc) is 3.09. The lowest BCUT2D eigenvalue weighted by Crippen LogP contribution is -2.63. The number of carbonyl (C=O) groups is 5. The zero-order valence-electron chi connectivity index (χ0n) is 29.3. The van der Waals surface area contributed by atoms with Crippen molar-refractivity contribution in [2.24, 2.45) is 11.8 Å². The highest BCUT2D eigenvalue weighted by atomic mass is 16.7. The topological polar surface area (TPSA) is 188 Å². The lowest BCUT2D eigenvalue weighted by atomic mass is 9.96. The van der Waals surface area contributed by atoms with Crippen LogP contribution in [0.25, 0.3) is 0 Å². The average molecular weight is 704 g/mol. The molecule has 0 aromatic heterocycles. The first-order chi connectivity index (χ1) is 24.1. The first kappa shape index (κ1) is 41.9. The van der Waals surface area contributed by atoms with Crippen LogP contribution in [0.3, 0.4) is 0 Å². The number of para-hydroxylation sites is 1. The van der Waals surface area contributed by atoms with Crippen LogP contribution in [-0.4, -0.2) is 92.5 Å². The van der Waals surface area contributed by atoms with E-state index in [-0.39, 0.29) is 37.5 Å². The van der Waals surface area contributed by atoms with Crippen molar-refractivity contribution in [1.29, 1.82) is 0 Å². The van der Waals surface area contributed by atoms with Crippen molar-refractivity contribution < 1.29 is 52.8 Å². The molecule has 1 heterocycles. The van der Waals surface area contributed by atoms with E-state index in [1.165, 1.54) is 19.3 Å². The Morgan fingerprint density at radius 3 is 1.80 bits per heavy atom. The number of benzene rings is 1. The zero-order valence-corrected chi connectivity index (χ0v) is 29.3. The van der Waals surface area contributed by atoms with Gasteiger partial charge in [-0.3, -0.25) is 24.5 Å². The standard InChI is InChI=1S/C36H53N3O11/c1-6-10-19-37-28(41)21-24(15-8-3)33(43)48-31-30(50-36(45)39-26-17-13-12-14-18-26)27(23-40)47-35(46-5)32(31)49-34(44)25(16-9-4)22-29(42)38-20-11-7-2/h8-9,12-14,17-18,24-25,27,30-32,35,40H,3-4,6-7,10-11,15-16,19-23H2,1-2,5H3,(H,37,41)(H,38,42)(H,39,45)/t24-,25-,27+,30+,31-,32-,35-/m0/s1. The Kier molecular flexibility index (Phi) is 19.4. The van der Waals surface area contributed by atoms with Crippen LogP contribution in [0.4, 0.5) is 10.5 Å². The molecule has 1 aliphatic heterocycles. The Morgan fingerprint density at radius 1 is 0.820 bits per heavy atom. The minimum absolute atomic E-state index is 0.0689. The van der Waals surface area contributed by atoms with E-state index in [0.29, 0.717) is 18.8 Å². The number of allylic oxidation sites excluding steroid dienone is 2. The molecule has 1 fully saturated rings. The molecule has 0 saturated carbocycles. The van der Waals surface area contributed by atoms with Crippen molar-refractivity contribution in [3.05, 3.63) is 55.6 Å². The van der Waals surface area contributed by atoms with Crippen LogP contribution in [0.5, 0.6) is 0 Å². The summed E-state index contributed by atoms with van der Waals surface area (Å²) < 4.78 is 28.8. The van der Waals surface area contributed by atoms with Crippen LogP contribution in [0.2, 0.25) is 0 Å². The monoisotopic (exact) mass is 703 g/mol. The number of nitrogens with one attached hydrogen (secondary N) is 3. The Balaban J connectivity index is 2.46. The minimum atomic E-state index is -1.58. The van der Waals surface area contributed by atoms with Gasteiger partial charge in [0.2, 0.25) is 11.8 Å². The number of anilines is 1. The predicted octanol–water partition coefficient (Wildman–Crippen LogP) is 3.79. The number of ether oxygens (including phenoxy) is 5. The molecule has 0 aliphatic carbocycles. The van der Waals surface area contributed by atoms with Crippen molar-refractivity contribution in [1.82, 2.24) is 10.6 Å². The number of aliphatic hydroxyl groups is 1. The van der Waals surface area contributed by atoms with Gasteiger partial charge in [-0.2, -0.15) is 0 Å². The third-order valence-electron chi connectivity index (χ3n) is 7.91. The minimum Gasteiger partial charge on any atom is -0.454 e. The molecule has 50 heavy (non-hydrogen) atoms. The third kappa shape index (κ3) is 13.9. The molecule has 7 atom stereocenters. The fourth-order valence-electron chi connectivity index (χ4n) is 5.20. The largest absolute Gasteiger partial charge is 0.454 e. The summed E-state index contributed by atoms with van der Waals surface area (Å²) >= 11 is 0. The summed E-state index contributed by atoms with van der Waals surface area (Å²) in [7, 11) is 1.26. The van der Waals surface area contributed by atoms with Crippen molar-refractivity contribution in [3.63, 3.8) is 0 Å². The molecular weight excluding hydrogens is 650 g/mol. The van der Waals surface area contributed by atoms with Gasteiger partial charge < -0.3 is 39.4 Å². The van der Waals surface area contributed by atoms with Gasteiger partial charge in [0.05, 0.1) is 18.4 Å². The van der Waals surface area contributed by atoms with Crippen LogP contribution >= 0.6 is 0 Å². The van der Waals surface area contributed by atoms with Crippen molar-refractivity contribution in [3.8, 4) is 0 Å². The highest BCUT2D eigenvalue weighted by Crippen LogP contribution is 2.31. The summed E-state index contributed by atoms with van der Waals surface area (Å²) in [5.41, 5.74) is 0.394. The molecular formula is C36H53N3O11. The maximum Gasteiger partial charge on any atom is 0.412 e. The zero-order chi connectivity index (χ0) is 36.9. The maximum atomic E-state index is 13.8. The molecule has 4 N–H and O–H groups in total. The highest BCUT2D eigenvalue weighted by Gasteiger charge is 2.53. The van der Waals surface area contributed by atoms with E-state index in [2.05, 4.69) is 29.1 Å². The maximum absolute atomic E-state index is 13.8. The van der Waals surface area contributed by atoms with Crippen molar-refractivity contribution >= 4 is 35.5 Å². The number of amides is 3. The quantitative estimate of drug-likeness (QED) is 0.0596. The summed E-state index contributed by atoms with van der Waals surface area (Å²) in [4.78, 5) is 65.8. The van der Waals surface area contributed by atoms with Gasteiger partial charge in [-0.05, 0) is 37.8 Å². The Bertz CT molecular complexity index is 1240. The van der Waals surface area contributed by atoms with E-state index in [9.17, 15) is 29.1 Å². The molecule has 1 aliphatic rings. The van der Waals surface area contributed by atoms with Gasteiger partial charge >= 0.3 is 18.0 Å². The fraction of sp³-hybridized carbons (Fsp3) is 0.583. The van der Waals surface area contributed by atoms with Crippen molar-refractivity contribution in [2.75, 3.05) is 32.1 Å². The van der Waals surface area contributed by atoms with E-state index in [1.807, 2.05) is 13.8 Å². The van der Waals surface area contributed by atoms with Gasteiger partial charge in [0.25, 0.3) is 0 Å². The van der Waals surface area contributed by atoms with E-state index in [4.69, 9.17) is 23.7 Å². The Hall–Kier alpha value is -4.27. The van der Waals surface area contributed by atoms with Gasteiger partial charge in [0.1, 0.15) is 6.10 Å². The molecule has 0 bridgehead atoms. The van der Waals surface area contributed by atoms with Gasteiger partial charge in [-0.25, -0.2) is 4.79 Å². The lowest BCUT2D eigenvalue weighted by Gasteiger charge is -2.44. The first-order valence-electron chi connectivity index (χ1n) is 17.1. The van der Waals surface area contributed by atoms with Crippen LogP contribution in [0.15, 0.2) is 55.6 Å². The number of hydrogen-bond donors (Lipinski definition) is 4. The Labute approximate surface area is 294 Å². The summed E-state index contributed by atoms with van der Waals surface area (Å²) in [5.74, 6) is -4.43. The van der Waals surface area contributed by atoms with Gasteiger partial charge in [0, 0.05) is 38.7 Å². The second-order valence-corrected chi connectivity index (χ2v) is 11.9. The molecule has 0 unspecified atom stereocenters. The van der Waals surface area contributed by atoms with E-state index < -0.39 is 67.2 Å². The number of aliphatic hydroxyl groups excluding tert-OH is 1.